The van der Waals surface area contributed by atoms with Crippen molar-refractivity contribution in [2.45, 2.75) is 26.3 Å². The van der Waals surface area contributed by atoms with Gasteiger partial charge in [-0.1, -0.05) is 6.92 Å². The number of amides is 1. The number of hydrogen-bond acceptors (Lipinski definition) is 6. The number of benzene rings is 1. The maximum Gasteiger partial charge on any atom is 0.274 e. The highest BCUT2D eigenvalue weighted by Crippen LogP contribution is 2.34. The second-order valence-electron chi connectivity index (χ2n) is 5.26. The van der Waals surface area contributed by atoms with Gasteiger partial charge in [0.2, 0.25) is 6.79 Å². The summed E-state index contributed by atoms with van der Waals surface area (Å²) in [6.45, 7) is 4.32. The molecular formula is C16H18N4O3. The molecule has 0 saturated heterocycles. The van der Waals surface area contributed by atoms with Crippen molar-refractivity contribution < 1.29 is 14.3 Å². The van der Waals surface area contributed by atoms with E-state index in [0.717, 1.165) is 6.42 Å². The molecule has 7 nitrogen and oxygen atoms in total. The van der Waals surface area contributed by atoms with Gasteiger partial charge in [-0.05, 0) is 25.5 Å². The lowest BCUT2D eigenvalue weighted by molar-refractivity contribution is 0.102. The second-order valence-corrected chi connectivity index (χ2v) is 5.26. The Labute approximate surface area is 134 Å². The van der Waals surface area contributed by atoms with E-state index in [-0.39, 0.29) is 18.7 Å². The number of nitrogens with zero attached hydrogens (tertiary/aromatic N) is 2. The minimum absolute atomic E-state index is 0.198. The Morgan fingerprint density at radius 3 is 2.91 bits per heavy atom. The average molecular weight is 314 g/mol. The van der Waals surface area contributed by atoms with Crippen molar-refractivity contribution in [2.24, 2.45) is 0 Å². The van der Waals surface area contributed by atoms with Crippen molar-refractivity contribution in [3.8, 4) is 11.5 Å². The molecule has 7 heteroatoms. The van der Waals surface area contributed by atoms with E-state index in [9.17, 15) is 4.79 Å². The zero-order valence-corrected chi connectivity index (χ0v) is 13.0. The molecule has 0 aliphatic carbocycles. The molecule has 0 fully saturated rings. The predicted octanol–water partition coefficient (Wildman–Crippen LogP) is 2.67. The molecule has 1 amide bonds. The Bertz CT molecular complexity index is 720. The molecule has 0 radical (unpaired) electrons. The van der Waals surface area contributed by atoms with Crippen molar-refractivity contribution in [1.29, 1.82) is 0 Å². The van der Waals surface area contributed by atoms with E-state index in [2.05, 4.69) is 34.4 Å². The van der Waals surface area contributed by atoms with Gasteiger partial charge in [-0.25, -0.2) is 9.97 Å². The third kappa shape index (κ3) is 3.50. The summed E-state index contributed by atoms with van der Waals surface area (Å²) in [6, 6.07) is 7.14. The second kappa shape index (κ2) is 6.51. The minimum Gasteiger partial charge on any atom is -0.454 e. The van der Waals surface area contributed by atoms with Gasteiger partial charge in [-0.2, -0.15) is 0 Å². The minimum atomic E-state index is -0.307. The van der Waals surface area contributed by atoms with E-state index < -0.39 is 0 Å². The number of hydrogen-bond donors (Lipinski definition) is 2. The Morgan fingerprint density at radius 2 is 2.09 bits per heavy atom. The SMILES string of the molecule is CCC(C)Nc1cc(C(=O)Nc2ccc3c(c2)OCO3)ncn1. The lowest BCUT2D eigenvalue weighted by Crippen LogP contribution is -2.17. The first-order valence-corrected chi connectivity index (χ1v) is 7.45. The molecule has 1 aliphatic rings. The molecule has 1 aliphatic heterocycles. The van der Waals surface area contributed by atoms with Gasteiger partial charge in [-0.15, -0.1) is 0 Å². The summed E-state index contributed by atoms with van der Waals surface area (Å²) in [5.74, 6) is 1.61. The van der Waals surface area contributed by atoms with Gasteiger partial charge in [-0.3, -0.25) is 4.79 Å². The van der Waals surface area contributed by atoms with Crippen LogP contribution in [0.2, 0.25) is 0 Å². The van der Waals surface area contributed by atoms with E-state index in [0.29, 0.717) is 28.7 Å². The molecule has 1 atom stereocenters. The lowest BCUT2D eigenvalue weighted by Gasteiger charge is -2.12. The van der Waals surface area contributed by atoms with Crippen LogP contribution in [-0.2, 0) is 0 Å². The van der Waals surface area contributed by atoms with E-state index in [1.54, 1.807) is 24.3 Å². The Balaban J connectivity index is 1.72. The van der Waals surface area contributed by atoms with Crippen LogP contribution >= 0.6 is 0 Å². The molecule has 2 aromatic rings. The van der Waals surface area contributed by atoms with Crippen LogP contribution in [0.4, 0.5) is 11.5 Å². The van der Waals surface area contributed by atoms with Crippen molar-refractivity contribution >= 4 is 17.4 Å². The first-order valence-electron chi connectivity index (χ1n) is 7.45. The molecular weight excluding hydrogens is 296 g/mol. The molecule has 2 N–H and O–H groups in total. The first-order chi connectivity index (χ1) is 11.2. The number of ether oxygens (including phenoxy) is 2. The summed E-state index contributed by atoms with van der Waals surface area (Å²) >= 11 is 0. The summed E-state index contributed by atoms with van der Waals surface area (Å²) < 4.78 is 10.5. The molecule has 0 saturated carbocycles. The number of carbonyl (C=O) groups excluding carboxylic acids is 1. The van der Waals surface area contributed by atoms with Gasteiger partial charge in [0, 0.05) is 23.9 Å². The summed E-state index contributed by atoms with van der Waals surface area (Å²) in [5, 5.41) is 6.01. The van der Waals surface area contributed by atoms with Crippen LogP contribution < -0.4 is 20.1 Å². The van der Waals surface area contributed by atoms with Crippen molar-refractivity contribution in [3.05, 3.63) is 36.3 Å². The Kier molecular flexibility index (Phi) is 4.27. The summed E-state index contributed by atoms with van der Waals surface area (Å²) in [6.07, 6.45) is 2.34. The van der Waals surface area contributed by atoms with Gasteiger partial charge in [0.15, 0.2) is 11.5 Å². The number of rotatable bonds is 5. The fourth-order valence-electron chi connectivity index (χ4n) is 2.08. The topological polar surface area (TPSA) is 85.4 Å². The smallest absolute Gasteiger partial charge is 0.274 e. The molecule has 2 heterocycles. The maximum atomic E-state index is 12.3. The van der Waals surface area contributed by atoms with Gasteiger partial charge in [0.05, 0.1) is 0 Å². The van der Waals surface area contributed by atoms with Crippen LogP contribution in [0.1, 0.15) is 30.8 Å². The Morgan fingerprint density at radius 1 is 1.26 bits per heavy atom. The molecule has 1 unspecified atom stereocenters. The number of anilines is 2. The van der Waals surface area contributed by atoms with E-state index in [1.807, 2.05) is 0 Å². The molecule has 23 heavy (non-hydrogen) atoms. The summed E-state index contributed by atoms with van der Waals surface area (Å²) in [7, 11) is 0. The largest absolute Gasteiger partial charge is 0.454 e. The molecule has 0 spiro atoms. The first kappa shape index (κ1) is 15.1. The number of carbonyl (C=O) groups is 1. The fourth-order valence-corrected chi connectivity index (χ4v) is 2.08. The van der Waals surface area contributed by atoms with Crippen LogP contribution in [-0.4, -0.2) is 28.7 Å². The standard InChI is InChI=1S/C16H18N4O3/c1-3-10(2)19-15-7-12(17-8-18-15)16(21)20-11-4-5-13-14(6-11)23-9-22-13/h4-8,10H,3,9H2,1-2H3,(H,20,21)(H,17,18,19). The zero-order valence-electron chi connectivity index (χ0n) is 13.0. The molecule has 1 aromatic heterocycles. The van der Waals surface area contributed by atoms with Crippen molar-refractivity contribution in [1.82, 2.24) is 9.97 Å². The molecule has 1 aromatic carbocycles. The van der Waals surface area contributed by atoms with Crippen molar-refractivity contribution in [2.75, 3.05) is 17.4 Å². The van der Waals surface area contributed by atoms with Crippen LogP contribution in [0.15, 0.2) is 30.6 Å². The van der Waals surface area contributed by atoms with Crippen LogP contribution in [0.5, 0.6) is 11.5 Å². The van der Waals surface area contributed by atoms with Crippen LogP contribution in [0, 0.1) is 0 Å². The van der Waals surface area contributed by atoms with Crippen LogP contribution in [0.25, 0.3) is 0 Å². The lowest BCUT2D eigenvalue weighted by atomic mass is 10.2. The normalized spacial score (nSPS) is 13.5. The third-order valence-electron chi connectivity index (χ3n) is 3.54. The van der Waals surface area contributed by atoms with E-state index in [1.165, 1.54) is 6.33 Å². The summed E-state index contributed by atoms with van der Waals surface area (Å²) in [5.41, 5.74) is 0.915. The number of nitrogens with one attached hydrogen (secondary N) is 2. The zero-order chi connectivity index (χ0) is 16.2. The van der Waals surface area contributed by atoms with E-state index >= 15 is 0 Å². The van der Waals surface area contributed by atoms with Gasteiger partial charge >= 0.3 is 0 Å². The molecule has 3 rings (SSSR count). The highest BCUT2D eigenvalue weighted by Gasteiger charge is 2.15. The fraction of sp³-hybridized carbons (Fsp3) is 0.312. The highest BCUT2D eigenvalue weighted by molar-refractivity contribution is 6.03. The van der Waals surface area contributed by atoms with Gasteiger partial charge in [0.1, 0.15) is 17.8 Å². The average Bonchev–Trinajstić information content (AvgIpc) is 3.02. The third-order valence-corrected chi connectivity index (χ3v) is 3.54. The van der Waals surface area contributed by atoms with Gasteiger partial charge < -0.3 is 20.1 Å². The highest BCUT2D eigenvalue weighted by atomic mass is 16.7. The number of fused-ring (bicyclic) bond motifs is 1. The quantitative estimate of drug-likeness (QED) is 0.882. The van der Waals surface area contributed by atoms with E-state index in [4.69, 9.17) is 9.47 Å². The maximum absolute atomic E-state index is 12.3. The van der Waals surface area contributed by atoms with Crippen LogP contribution in [0.3, 0.4) is 0 Å². The van der Waals surface area contributed by atoms with Gasteiger partial charge in [0.25, 0.3) is 5.91 Å². The van der Waals surface area contributed by atoms with Crippen molar-refractivity contribution in [3.63, 3.8) is 0 Å². The molecule has 0 bridgehead atoms. The Hall–Kier alpha value is -2.83. The molecule has 120 valence electrons. The number of aromatic nitrogens is 2. The predicted molar refractivity (Wildman–Crippen MR) is 85.9 cm³/mol. The summed E-state index contributed by atoms with van der Waals surface area (Å²) in [4.78, 5) is 20.5. The monoisotopic (exact) mass is 314 g/mol.